The summed E-state index contributed by atoms with van der Waals surface area (Å²) in [4.78, 5) is 25.0. The first-order chi connectivity index (χ1) is 17.1. The van der Waals surface area contributed by atoms with Crippen molar-refractivity contribution in [2.75, 3.05) is 26.3 Å². The third kappa shape index (κ3) is 7.20. The van der Waals surface area contributed by atoms with Gasteiger partial charge in [0.15, 0.2) is 0 Å². The van der Waals surface area contributed by atoms with Crippen molar-refractivity contribution < 1.29 is 19.2 Å². The Labute approximate surface area is 203 Å². The molecule has 9 heteroatoms. The Morgan fingerprint density at radius 2 is 1.66 bits per heavy atom. The first-order valence-electron chi connectivity index (χ1n) is 11.3. The number of nitrogens with zero attached hydrogens (tertiary/aromatic N) is 3. The number of benzene rings is 3. The fraction of sp³-hybridized carbons (Fsp3) is 0.231. The van der Waals surface area contributed by atoms with Gasteiger partial charge >= 0.3 is 0 Å². The summed E-state index contributed by atoms with van der Waals surface area (Å²) in [5.41, 5.74) is 5.92. The zero-order chi connectivity index (χ0) is 24.5. The highest BCUT2D eigenvalue weighted by Gasteiger charge is 2.11. The molecule has 1 N–H and O–H groups in total. The molecule has 0 aliphatic carbocycles. The Hall–Kier alpha value is -4.08. The van der Waals surface area contributed by atoms with E-state index in [9.17, 15) is 14.9 Å². The van der Waals surface area contributed by atoms with Gasteiger partial charge < -0.3 is 9.47 Å². The van der Waals surface area contributed by atoms with E-state index in [1.54, 1.807) is 42.6 Å². The normalized spacial score (nSPS) is 14.1. The van der Waals surface area contributed by atoms with Crippen molar-refractivity contribution in [1.82, 2.24) is 10.3 Å². The Morgan fingerprint density at radius 3 is 2.31 bits per heavy atom. The van der Waals surface area contributed by atoms with Crippen molar-refractivity contribution in [2.24, 2.45) is 5.10 Å². The van der Waals surface area contributed by atoms with E-state index < -0.39 is 4.92 Å². The summed E-state index contributed by atoms with van der Waals surface area (Å²) in [5, 5.41) is 14.8. The molecule has 3 aromatic carbocycles. The number of amides is 1. The molecule has 1 heterocycles. The lowest BCUT2D eigenvalue weighted by molar-refractivity contribution is -0.384. The van der Waals surface area contributed by atoms with E-state index in [0.717, 1.165) is 49.5 Å². The molecule has 0 unspecified atom stereocenters. The summed E-state index contributed by atoms with van der Waals surface area (Å²) in [6, 6.07) is 21.0. The molecule has 4 rings (SSSR count). The first kappa shape index (κ1) is 24.1. The second-order valence-electron chi connectivity index (χ2n) is 8.07. The Morgan fingerprint density at radius 1 is 1.00 bits per heavy atom. The lowest BCUT2D eigenvalue weighted by Gasteiger charge is -2.26. The maximum absolute atomic E-state index is 12.4. The molecule has 35 heavy (non-hydrogen) atoms. The molecule has 180 valence electrons. The number of ether oxygens (including phenoxy) is 2. The van der Waals surface area contributed by atoms with Crippen molar-refractivity contribution in [1.29, 1.82) is 0 Å². The van der Waals surface area contributed by atoms with E-state index in [1.807, 2.05) is 24.3 Å². The zero-order valence-corrected chi connectivity index (χ0v) is 19.1. The number of carbonyl (C=O) groups excluding carboxylic acids is 1. The van der Waals surface area contributed by atoms with Crippen molar-refractivity contribution in [3.8, 4) is 5.75 Å². The Kier molecular flexibility index (Phi) is 8.16. The SMILES string of the molecule is O=C(NN=Cc1ccc(OCc2ccc([N+](=O)[O-])cc2)cc1)c1ccc(CN2CCOCC2)cc1. The van der Waals surface area contributed by atoms with Crippen LogP contribution in [0.5, 0.6) is 5.75 Å². The summed E-state index contributed by atoms with van der Waals surface area (Å²) in [5.74, 6) is 0.379. The minimum absolute atomic E-state index is 0.0465. The van der Waals surface area contributed by atoms with E-state index in [0.29, 0.717) is 17.9 Å². The van der Waals surface area contributed by atoms with Crippen LogP contribution in [0.1, 0.15) is 27.0 Å². The maximum atomic E-state index is 12.4. The van der Waals surface area contributed by atoms with Gasteiger partial charge in [0.1, 0.15) is 12.4 Å². The number of nitro benzene ring substituents is 1. The van der Waals surface area contributed by atoms with Crippen LogP contribution in [-0.4, -0.2) is 48.2 Å². The largest absolute Gasteiger partial charge is 0.489 e. The first-order valence-corrected chi connectivity index (χ1v) is 11.3. The van der Waals surface area contributed by atoms with Crippen LogP contribution in [0.25, 0.3) is 0 Å². The van der Waals surface area contributed by atoms with Crippen LogP contribution in [0.15, 0.2) is 77.9 Å². The van der Waals surface area contributed by atoms with Gasteiger partial charge in [-0.25, -0.2) is 5.43 Å². The summed E-state index contributed by atoms with van der Waals surface area (Å²) >= 11 is 0. The highest BCUT2D eigenvalue weighted by Crippen LogP contribution is 2.16. The smallest absolute Gasteiger partial charge is 0.271 e. The molecular weight excluding hydrogens is 448 g/mol. The topological polar surface area (TPSA) is 106 Å². The predicted octanol–water partition coefficient (Wildman–Crippen LogP) is 3.77. The van der Waals surface area contributed by atoms with Crippen LogP contribution >= 0.6 is 0 Å². The summed E-state index contributed by atoms with van der Waals surface area (Å²) < 4.78 is 11.1. The minimum atomic E-state index is -0.434. The van der Waals surface area contributed by atoms with Crippen LogP contribution in [0, 0.1) is 10.1 Å². The van der Waals surface area contributed by atoms with Gasteiger partial charge in [0.2, 0.25) is 0 Å². The third-order valence-corrected chi connectivity index (χ3v) is 5.54. The molecule has 1 aliphatic heterocycles. The van der Waals surface area contributed by atoms with Gasteiger partial charge in [-0.15, -0.1) is 0 Å². The van der Waals surface area contributed by atoms with Gasteiger partial charge in [-0.3, -0.25) is 19.8 Å². The number of non-ortho nitro benzene ring substituents is 1. The van der Waals surface area contributed by atoms with E-state index in [1.165, 1.54) is 12.1 Å². The number of morpholine rings is 1. The molecule has 0 saturated carbocycles. The van der Waals surface area contributed by atoms with Crippen molar-refractivity contribution in [3.05, 3.63) is 105 Å². The zero-order valence-electron chi connectivity index (χ0n) is 19.1. The monoisotopic (exact) mass is 474 g/mol. The fourth-order valence-electron chi connectivity index (χ4n) is 3.54. The second-order valence-corrected chi connectivity index (χ2v) is 8.07. The quantitative estimate of drug-likeness (QED) is 0.287. The maximum Gasteiger partial charge on any atom is 0.271 e. The molecular formula is C26H26N4O5. The molecule has 0 bridgehead atoms. The molecule has 0 atom stereocenters. The third-order valence-electron chi connectivity index (χ3n) is 5.54. The number of rotatable bonds is 9. The van der Waals surface area contributed by atoms with Crippen molar-refractivity contribution in [3.63, 3.8) is 0 Å². The number of hydrogen-bond donors (Lipinski definition) is 1. The minimum Gasteiger partial charge on any atom is -0.489 e. The number of hydrazone groups is 1. The van der Waals surface area contributed by atoms with E-state index in [4.69, 9.17) is 9.47 Å². The van der Waals surface area contributed by atoms with E-state index >= 15 is 0 Å². The van der Waals surface area contributed by atoms with Gasteiger partial charge in [0, 0.05) is 37.3 Å². The average Bonchev–Trinajstić information content (AvgIpc) is 2.89. The van der Waals surface area contributed by atoms with Crippen molar-refractivity contribution >= 4 is 17.8 Å². The van der Waals surface area contributed by atoms with E-state index in [2.05, 4.69) is 15.4 Å². The van der Waals surface area contributed by atoms with Gasteiger partial charge in [-0.05, 0) is 65.2 Å². The lowest BCUT2D eigenvalue weighted by atomic mass is 10.1. The second kappa shape index (κ2) is 11.9. The molecule has 0 radical (unpaired) electrons. The molecule has 1 amide bonds. The van der Waals surface area contributed by atoms with Gasteiger partial charge in [0.05, 0.1) is 24.4 Å². The molecule has 1 aliphatic rings. The number of nitrogens with one attached hydrogen (secondary N) is 1. The lowest BCUT2D eigenvalue weighted by Crippen LogP contribution is -2.35. The fourth-order valence-corrected chi connectivity index (χ4v) is 3.54. The van der Waals surface area contributed by atoms with Gasteiger partial charge in [0.25, 0.3) is 11.6 Å². The highest BCUT2D eigenvalue weighted by atomic mass is 16.6. The predicted molar refractivity (Wildman–Crippen MR) is 131 cm³/mol. The van der Waals surface area contributed by atoms with Gasteiger partial charge in [-0.1, -0.05) is 12.1 Å². The van der Waals surface area contributed by atoms with Crippen molar-refractivity contribution in [2.45, 2.75) is 13.2 Å². The molecule has 0 spiro atoms. The Bertz CT molecular complexity index is 1160. The summed E-state index contributed by atoms with van der Waals surface area (Å²) in [6.45, 7) is 4.50. The van der Waals surface area contributed by atoms with Gasteiger partial charge in [-0.2, -0.15) is 5.10 Å². The van der Waals surface area contributed by atoms with Crippen LogP contribution < -0.4 is 10.2 Å². The molecule has 1 saturated heterocycles. The molecule has 9 nitrogen and oxygen atoms in total. The summed E-state index contributed by atoms with van der Waals surface area (Å²) in [7, 11) is 0. The van der Waals surface area contributed by atoms with E-state index in [-0.39, 0.29) is 11.6 Å². The summed E-state index contributed by atoms with van der Waals surface area (Å²) in [6.07, 6.45) is 1.56. The number of nitro groups is 1. The van der Waals surface area contributed by atoms with Crippen LogP contribution in [0.2, 0.25) is 0 Å². The Balaban J connectivity index is 1.22. The average molecular weight is 475 g/mol. The van der Waals surface area contributed by atoms with Crippen LogP contribution in [0.3, 0.4) is 0 Å². The molecule has 0 aromatic heterocycles. The molecule has 3 aromatic rings. The van der Waals surface area contributed by atoms with Crippen LogP contribution in [0.4, 0.5) is 5.69 Å². The standard InChI is InChI=1S/C26H26N4O5/c31-26(23-7-1-21(2-8-23)18-29-13-15-34-16-14-29)28-27-17-20-5-11-25(12-6-20)35-19-22-3-9-24(10-4-22)30(32)33/h1-12,17H,13-16,18-19H2,(H,28,31). The highest BCUT2D eigenvalue weighted by molar-refractivity contribution is 5.94. The number of carbonyl (C=O) groups is 1. The van der Waals surface area contributed by atoms with Crippen LogP contribution in [-0.2, 0) is 17.9 Å². The number of hydrogen-bond acceptors (Lipinski definition) is 7. The molecule has 1 fully saturated rings.